The van der Waals surface area contributed by atoms with E-state index < -0.39 is 0 Å². The van der Waals surface area contributed by atoms with Crippen molar-refractivity contribution in [3.05, 3.63) is 35.6 Å². The molecule has 1 aromatic carbocycles. The number of aromatic amines is 1. The number of aromatic nitrogens is 3. The minimum absolute atomic E-state index is 0.726. The van der Waals surface area contributed by atoms with Crippen molar-refractivity contribution in [1.29, 1.82) is 0 Å². The van der Waals surface area contributed by atoms with Gasteiger partial charge in [0.15, 0.2) is 5.16 Å². The smallest absolute Gasteiger partial charge is 0.188 e. The Morgan fingerprint density at radius 2 is 2.31 bits per heavy atom. The van der Waals surface area contributed by atoms with Crippen LogP contribution in [-0.4, -0.2) is 15.2 Å². The number of halogens is 1. The van der Waals surface area contributed by atoms with Crippen molar-refractivity contribution in [2.24, 2.45) is 0 Å². The van der Waals surface area contributed by atoms with Crippen LogP contribution < -0.4 is 0 Å². The van der Waals surface area contributed by atoms with Crippen LogP contribution in [0.3, 0.4) is 0 Å². The van der Waals surface area contributed by atoms with Gasteiger partial charge in [0.05, 0.1) is 0 Å². The number of nitrogens with one attached hydrogen (secondary N) is 1. The first-order valence-corrected chi connectivity index (χ1v) is 4.83. The Morgan fingerprint density at radius 3 is 3.00 bits per heavy atom. The summed E-state index contributed by atoms with van der Waals surface area (Å²) < 4.78 is 0. The minimum Gasteiger partial charge on any atom is -0.254 e. The van der Waals surface area contributed by atoms with E-state index in [1.165, 1.54) is 18.1 Å². The molecule has 0 amide bonds. The first-order valence-electron chi connectivity index (χ1n) is 3.63. The summed E-state index contributed by atoms with van der Waals surface area (Å²) >= 11 is 7.32. The van der Waals surface area contributed by atoms with Gasteiger partial charge in [-0.3, -0.25) is 5.10 Å². The Labute approximate surface area is 84.5 Å². The van der Waals surface area contributed by atoms with Crippen molar-refractivity contribution in [2.75, 3.05) is 0 Å². The molecule has 5 heteroatoms. The average molecular weight is 212 g/mol. The van der Waals surface area contributed by atoms with Crippen LogP contribution in [0.1, 0.15) is 0 Å². The number of hydrogen-bond donors (Lipinski definition) is 1. The fraction of sp³-hybridized carbons (Fsp3) is 0. The zero-order valence-electron chi connectivity index (χ0n) is 6.57. The molecule has 0 fully saturated rings. The molecule has 0 spiro atoms. The van der Waals surface area contributed by atoms with Crippen molar-refractivity contribution in [3.63, 3.8) is 0 Å². The molecule has 0 saturated heterocycles. The largest absolute Gasteiger partial charge is 0.254 e. The molecule has 0 aliphatic heterocycles. The molecule has 1 aromatic heterocycles. The summed E-state index contributed by atoms with van der Waals surface area (Å²) in [6, 6.07) is 7.60. The van der Waals surface area contributed by atoms with Gasteiger partial charge in [-0.1, -0.05) is 29.4 Å². The molecule has 66 valence electrons. The van der Waals surface area contributed by atoms with E-state index in [2.05, 4.69) is 15.2 Å². The SMILES string of the molecule is Clc1cccc(Sc2ncn[nH]2)c1. The third kappa shape index (κ3) is 2.23. The zero-order valence-corrected chi connectivity index (χ0v) is 8.14. The highest BCUT2D eigenvalue weighted by molar-refractivity contribution is 7.99. The molecule has 1 N–H and O–H groups in total. The number of benzene rings is 1. The van der Waals surface area contributed by atoms with Crippen LogP contribution in [0.4, 0.5) is 0 Å². The average Bonchev–Trinajstić information content (AvgIpc) is 2.57. The monoisotopic (exact) mass is 211 g/mol. The summed E-state index contributed by atoms with van der Waals surface area (Å²) in [7, 11) is 0. The van der Waals surface area contributed by atoms with Gasteiger partial charge >= 0.3 is 0 Å². The van der Waals surface area contributed by atoms with E-state index in [1.807, 2.05) is 24.3 Å². The van der Waals surface area contributed by atoms with Crippen LogP contribution in [0.2, 0.25) is 5.02 Å². The van der Waals surface area contributed by atoms with Crippen molar-refractivity contribution < 1.29 is 0 Å². The maximum absolute atomic E-state index is 5.83. The molecular formula is C8H6ClN3S. The van der Waals surface area contributed by atoms with Crippen molar-refractivity contribution in [1.82, 2.24) is 15.2 Å². The number of H-pyrrole nitrogens is 1. The van der Waals surface area contributed by atoms with E-state index in [0.29, 0.717) is 0 Å². The third-order valence-corrected chi connectivity index (χ3v) is 2.52. The molecular weight excluding hydrogens is 206 g/mol. The number of hydrogen-bond acceptors (Lipinski definition) is 3. The summed E-state index contributed by atoms with van der Waals surface area (Å²) in [4.78, 5) is 5.04. The van der Waals surface area contributed by atoms with Crippen LogP contribution in [0.25, 0.3) is 0 Å². The maximum atomic E-state index is 5.83. The summed E-state index contributed by atoms with van der Waals surface area (Å²) in [5.74, 6) is 0. The number of rotatable bonds is 2. The number of nitrogens with zero attached hydrogens (tertiary/aromatic N) is 2. The van der Waals surface area contributed by atoms with Gasteiger partial charge in [0.1, 0.15) is 6.33 Å². The van der Waals surface area contributed by atoms with Gasteiger partial charge in [0.2, 0.25) is 0 Å². The quantitative estimate of drug-likeness (QED) is 0.830. The van der Waals surface area contributed by atoms with Crippen LogP contribution in [0, 0.1) is 0 Å². The fourth-order valence-corrected chi connectivity index (χ4v) is 1.89. The van der Waals surface area contributed by atoms with E-state index in [-0.39, 0.29) is 0 Å². The van der Waals surface area contributed by atoms with E-state index in [1.54, 1.807) is 0 Å². The standard InChI is InChI=1S/C8H6ClN3S/c9-6-2-1-3-7(4-6)13-8-10-5-11-12-8/h1-5H,(H,10,11,12). The van der Waals surface area contributed by atoms with Gasteiger partial charge in [0.25, 0.3) is 0 Å². The van der Waals surface area contributed by atoms with Crippen molar-refractivity contribution in [3.8, 4) is 0 Å². The predicted molar refractivity (Wildman–Crippen MR) is 52.0 cm³/mol. The molecule has 13 heavy (non-hydrogen) atoms. The fourth-order valence-electron chi connectivity index (χ4n) is 0.886. The van der Waals surface area contributed by atoms with Crippen LogP contribution >= 0.6 is 23.4 Å². The first kappa shape index (κ1) is 8.59. The normalized spacial score (nSPS) is 10.2. The lowest BCUT2D eigenvalue weighted by atomic mass is 10.4. The van der Waals surface area contributed by atoms with Gasteiger partial charge in [-0.05, 0) is 18.2 Å². The molecule has 0 unspecified atom stereocenters. The Morgan fingerprint density at radius 1 is 1.38 bits per heavy atom. The lowest BCUT2D eigenvalue weighted by Crippen LogP contribution is -1.75. The van der Waals surface area contributed by atoms with Gasteiger partial charge in [-0.15, -0.1) is 0 Å². The van der Waals surface area contributed by atoms with Crippen LogP contribution in [0.15, 0.2) is 40.6 Å². The lowest BCUT2D eigenvalue weighted by Gasteiger charge is -1.96. The maximum Gasteiger partial charge on any atom is 0.188 e. The van der Waals surface area contributed by atoms with Crippen LogP contribution in [0.5, 0.6) is 0 Å². The van der Waals surface area contributed by atoms with E-state index in [9.17, 15) is 0 Å². The second kappa shape index (κ2) is 3.81. The summed E-state index contributed by atoms with van der Waals surface area (Å²) in [5, 5.41) is 8.01. The van der Waals surface area contributed by atoms with Gasteiger partial charge < -0.3 is 0 Å². The highest BCUT2D eigenvalue weighted by atomic mass is 35.5. The molecule has 0 aliphatic carbocycles. The molecule has 0 radical (unpaired) electrons. The summed E-state index contributed by atoms with van der Waals surface area (Å²) in [6.45, 7) is 0. The molecule has 3 nitrogen and oxygen atoms in total. The Hall–Kier alpha value is -1.00. The second-order valence-corrected chi connectivity index (χ2v) is 3.85. The first-order chi connectivity index (χ1) is 6.34. The van der Waals surface area contributed by atoms with Gasteiger partial charge in [-0.25, -0.2) is 4.98 Å². The topological polar surface area (TPSA) is 41.6 Å². The van der Waals surface area contributed by atoms with Gasteiger partial charge in [-0.2, -0.15) is 5.10 Å². The Bertz CT molecular complexity index is 388. The second-order valence-electron chi connectivity index (χ2n) is 2.35. The van der Waals surface area contributed by atoms with Gasteiger partial charge in [0, 0.05) is 9.92 Å². The Balaban J connectivity index is 2.19. The molecule has 0 bridgehead atoms. The van der Waals surface area contributed by atoms with Crippen LogP contribution in [-0.2, 0) is 0 Å². The molecule has 1 heterocycles. The highest BCUT2D eigenvalue weighted by Crippen LogP contribution is 2.25. The van der Waals surface area contributed by atoms with E-state index in [4.69, 9.17) is 11.6 Å². The molecule has 2 rings (SSSR count). The summed E-state index contributed by atoms with van der Waals surface area (Å²) in [6.07, 6.45) is 1.48. The van der Waals surface area contributed by atoms with E-state index >= 15 is 0 Å². The zero-order chi connectivity index (χ0) is 9.10. The Kier molecular flexibility index (Phi) is 2.52. The summed E-state index contributed by atoms with van der Waals surface area (Å²) in [5.41, 5.74) is 0. The molecule has 2 aromatic rings. The molecule has 0 aliphatic rings. The van der Waals surface area contributed by atoms with Crippen molar-refractivity contribution in [2.45, 2.75) is 10.1 Å². The van der Waals surface area contributed by atoms with E-state index in [0.717, 1.165) is 15.1 Å². The molecule has 0 atom stereocenters. The predicted octanol–water partition coefficient (Wildman–Crippen LogP) is 2.61. The van der Waals surface area contributed by atoms with Crippen molar-refractivity contribution >= 4 is 23.4 Å². The lowest BCUT2D eigenvalue weighted by molar-refractivity contribution is 0.973. The molecule has 0 saturated carbocycles. The minimum atomic E-state index is 0.726. The highest BCUT2D eigenvalue weighted by Gasteiger charge is 1.99. The third-order valence-electron chi connectivity index (χ3n) is 1.40.